The molecule has 0 saturated carbocycles. The van der Waals surface area contributed by atoms with Gasteiger partial charge in [-0.3, -0.25) is 0 Å². The Morgan fingerprint density at radius 1 is 1.37 bits per heavy atom. The van der Waals surface area contributed by atoms with Crippen molar-refractivity contribution in [2.75, 3.05) is 19.6 Å². The second kappa shape index (κ2) is 6.22. The van der Waals surface area contributed by atoms with E-state index in [4.69, 9.17) is 16.3 Å². The smallest absolute Gasteiger partial charge is 0.240 e. The Morgan fingerprint density at radius 2 is 2.11 bits per heavy atom. The second-order valence-electron chi connectivity index (χ2n) is 4.71. The van der Waals surface area contributed by atoms with Crippen molar-refractivity contribution in [1.82, 2.24) is 4.72 Å². The van der Waals surface area contributed by atoms with Crippen molar-refractivity contribution in [1.29, 1.82) is 0 Å². The summed E-state index contributed by atoms with van der Waals surface area (Å²) >= 11 is 5.73. The van der Waals surface area contributed by atoms with Crippen molar-refractivity contribution in [2.45, 2.75) is 30.2 Å². The SMILES string of the molecule is COCC(CCl)NS(=O)(=O)c1ccc2c(c1)CCC2. The van der Waals surface area contributed by atoms with Crippen LogP contribution in [-0.4, -0.2) is 34.1 Å². The summed E-state index contributed by atoms with van der Waals surface area (Å²) in [5.74, 6) is 0.179. The van der Waals surface area contributed by atoms with E-state index in [1.807, 2.05) is 6.07 Å². The number of hydrogen-bond donors (Lipinski definition) is 1. The van der Waals surface area contributed by atoms with Crippen molar-refractivity contribution in [3.63, 3.8) is 0 Å². The predicted molar refractivity (Wildman–Crippen MR) is 75.2 cm³/mol. The molecule has 0 saturated heterocycles. The first kappa shape index (κ1) is 14.8. The molecular formula is C13H18ClNO3S. The van der Waals surface area contributed by atoms with Gasteiger partial charge in [0.05, 0.1) is 17.5 Å². The minimum absolute atomic E-state index is 0.179. The summed E-state index contributed by atoms with van der Waals surface area (Å²) in [5, 5.41) is 0. The quantitative estimate of drug-likeness (QED) is 0.814. The molecule has 1 aromatic rings. The van der Waals surface area contributed by atoms with E-state index in [-0.39, 0.29) is 12.5 Å². The lowest BCUT2D eigenvalue weighted by atomic mass is 10.1. The van der Waals surface area contributed by atoms with Gasteiger partial charge >= 0.3 is 0 Å². The third-order valence-electron chi connectivity index (χ3n) is 3.26. The number of fused-ring (bicyclic) bond motifs is 1. The molecule has 1 N–H and O–H groups in total. The van der Waals surface area contributed by atoms with Crippen molar-refractivity contribution >= 4 is 21.6 Å². The van der Waals surface area contributed by atoms with Crippen LogP contribution in [0, 0.1) is 0 Å². The number of sulfonamides is 1. The van der Waals surface area contributed by atoms with Gasteiger partial charge in [0, 0.05) is 13.0 Å². The highest BCUT2D eigenvalue weighted by Gasteiger charge is 2.21. The number of rotatable bonds is 6. The van der Waals surface area contributed by atoms with Crippen LogP contribution in [0.5, 0.6) is 0 Å². The number of aryl methyl sites for hydroxylation is 2. The van der Waals surface area contributed by atoms with Gasteiger partial charge in [0.1, 0.15) is 0 Å². The number of halogens is 1. The number of ether oxygens (including phenoxy) is 1. The van der Waals surface area contributed by atoms with E-state index < -0.39 is 16.1 Å². The van der Waals surface area contributed by atoms with Crippen LogP contribution in [0.1, 0.15) is 17.5 Å². The van der Waals surface area contributed by atoms with Crippen LogP contribution in [-0.2, 0) is 27.6 Å². The summed E-state index contributed by atoms with van der Waals surface area (Å²) in [7, 11) is -2.01. The maximum Gasteiger partial charge on any atom is 0.240 e. The van der Waals surface area contributed by atoms with E-state index >= 15 is 0 Å². The Morgan fingerprint density at radius 3 is 2.79 bits per heavy atom. The Hall–Kier alpha value is -0.620. The number of methoxy groups -OCH3 is 1. The van der Waals surface area contributed by atoms with Gasteiger partial charge in [-0.1, -0.05) is 6.07 Å². The fourth-order valence-corrected chi connectivity index (χ4v) is 3.84. The first-order valence-electron chi connectivity index (χ1n) is 6.26. The van der Waals surface area contributed by atoms with Gasteiger partial charge in [0.15, 0.2) is 0 Å². The first-order valence-corrected chi connectivity index (χ1v) is 8.27. The highest BCUT2D eigenvalue weighted by atomic mass is 35.5. The molecule has 4 nitrogen and oxygen atoms in total. The molecule has 0 aliphatic heterocycles. The Labute approximate surface area is 119 Å². The number of benzene rings is 1. The largest absolute Gasteiger partial charge is 0.383 e. The Balaban J connectivity index is 2.19. The normalized spacial score (nSPS) is 16.3. The monoisotopic (exact) mass is 303 g/mol. The molecule has 0 aromatic heterocycles. The lowest BCUT2D eigenvalue weighted by Crippen LogP contribution is -2.39. The topological polar surface area (TPSA) is 55.4 Å². The van der Waals surface area contributed by atoms with Gasteiger partial charge in [-0.15, -0.1) is 11.6 Å². The van der Waals surface area contributed by atoms with Gasteiger partial charge in [-0.25, -0.2) is 13.1 Å². The molecule has 6 heteroatoms. The molecule has 1 unspecified atom stereocenters. The predicted octanol–water partition coefficient (Wildman–Crippen LogP) is 1.71. The van der Waals surface area contributed by atoms with E-state index in [0.717, 1.165) is 24.8 Å². The Bertz CT molecular complexity index is 545. The van der Waals surface area contributed by atoms with Crippen LogP contribution in [0.4, 0.5) is 0 Å². The minimum Gasteiger partial charge on any atom is -0.383 e. The standard InChI is InChI=1S/C13H18ClNO3S/c1-18-9-12(8-14)15-19(16,17)13-6-5-10-3-2-4-11(10)7-13/h5-7,12,15H,2-4,8-9H2,1H3. The summed E-state index contributed by atoms with van der Waals surface area (Å²) < 4.78 is 32.0. The molecule has 0 amide bonds. The highest BCUT2D eigenvalue weighted by molar-refractivity contribution is 7.89. The summed E-state index contributed by atoms with van der Waals surface area (Å²) in [5.41, 5.74) is 2.39. The molecule has 1 aromatic carbocycles. The molecule has 0 bridgehead atoms. The third-order valence-corrected chi connectivity index (χ3v) is 5.15. The van der Waals surface area contributed by atoms with Crippen molar-refractivity contribution in [2.24, 2.45) is 0 Å². The average molecular weight is 304 g/mol. The molecule has 19 heavy (non-hydrogen) atoms. The van der Waals surface area contributed by atoms with Crippen molar-refractivity contribution < 1.29 is 13.2 Å². The summed E-state index contributed by atoms with van der Waals surface area (Å²) in [6.45, 7) is 0.258. The van der Waals surface area contributed by atoms with Gasteiger partial charge in [0.2, 0.25) is 10.0 Å². The lowest BCUT2D eigenvalue weighted by molar-refractivity contribution is 0.181. The van der Waals surface area contributed by atoms with Crippen molar-refractivity contribution in [3.05, 3.63) is 29.3 Å². The number of hydrogen-bond acceptors (Lipinski definition) is 3. The van der Waals surface area contributed by atoms with E-state index in [0.29, 0.717) is 4.90 Å². The zero-order valence-electron chi connectivity index (χ0n) is 10.9. The van der Waals surface area contributed by atoms with Gasteiger partial charge in [-0.05, 0) is 42.5 Å². The Kier molecular flexibility index (Phi) is 4.84. The summed E-state index contributed by atoms with van der Waals surface area (Å²) in [4.78, 5) is 0.305. The fraction of sp³-hybridized carbons (Fsp3) is 0.538. The maximum absolute atomic E-state index is 12.3. The molecule has 0 fully saturated rings. The molecule has 1 aliphatic rings. The number of alkyl halides is 1. The summed E-state index contributed by atoms with van der Waals surface area (Å²) in [6.07, 6.45) is 3.09. The first-order chi connectivity index (χ1) is 9.06. The third kappa shape index (κ3) is 3.48. The molecule has 1 atom stereocenters. The molecule has 0 spiro atoms. The molecule has 0 radical (unpaired) electrons. The van der Waals surface area contributed by atoms with Crippen LogP contribution in [0.25, 0.3) is 0 Å². The van der Waals surface area contributed by atoms with Gasteiger partial charge in [-0.2, -0.15) is 0 Å². The lowest BCUT2D eigenvalue weighted by Gasteiger charge is -2.15. The van der Waals surface area contributed by atoms with Crippen LogP contribution in [0.15, 0.2) is 23.1 Å². The zero-order chi connectivity index (χ0) is 13.9. The van der Waals surface area contributed by atoms with Crippen LogP contribution in [0.3, 0.4) is 0 Å². The summed E-state index contributed by atoms with van der Waals surface area (Å²) in [6, 6.07) is 4.92. The van der Waals surface area contributed by atoms with E-state index in [2.05, 4.69) is 4.72 Å². The van der Waals surface area contributed by atoms with E-state index in [1.54, 1.807) is 12.1 Å². The van der Waals surface area contributed by atoms with Crippen molar-refractivity contribution in [3.8, 4) is 0 Å². The van der Waals surface area contributed by atoms with E-state index in [9.17, 15) is 8.42 Å². The van der Waals surface area contributed by atoms with Crippen LogP contribution < -0.4 is 4.72 Å². The maximum atomic E-state index is 12.3. The van der Waals surface area contributed by atoms with E-state index in [1.165, 1.54) is 12.7 Å². The zero-order valence-corrected chi connectivity index (χ0v) is 12.4. The highest BCUT2D eigenvalue weighted by Crippen LogP contribution is 2.24. The molecule has 0 heterocycles. The van der Waals surface area contributed by atoms with Crippen LogP contribution >= 0.6 is 11.6 Å². The van der Waals surface area contributed by atoms with Gasteiger partial charge < -0.3 is 4.74 Å². The fourth-order valence-electron chi connectivity index (χ4n) is 2.31. The molecule has 106 valence electrons. The molecule has 2 rings (SSSR count). The van der Waals surface area contributed by atoms with Crippen LogP contribution in [0.2, 0.25) is 0 Å². The minimum atomic E-state index is -3.53. The average Bonchev–Trinajstić information content (AvgIpc) is 2.85. The molecular weight excluding hydrogens is 286 g/mol. The number of nitrogens with one attached hydrogen (secondary N) is 1. The second-order valence-corrected chi connectivity index (χ2v) is 6.73. The van der Waals surface area contributed by atoms with Gasteiger partial charge in [0.25, 0.3) is 0 Å². The molecule has 1 aliphatic carbocycles.